The molecule has 0 saturated carbocycles. The number of halogens is 3. The first-order chi connectivity index (χ1) is 15.5. The van der Waals surface area contributed by atoms with Crippen LogP contribution in [0.5, 0.6) is 6.01 Å². The van der Waals surface area contributed by atoms with Gasteiger partial charge < -0.3 is 24.6 Å². The number of likely N-dealkylation sites (N-methyl/N-ethyl adjacent to an activating group) is 1. The Morgan fingerprint density at radius 1 is 1.36 bits per heavy atom. The minimum atomic E-state index is -0.574. The molecule has 8 nitrogen and oxygen atoms in total. The van der Waals surface area contributed by atoms with Crippen molar-refractivity contribution in [2.24, 2.45) is 0 Å². The van der Waals surface area contributed by atoms with Crippen LogP contribution in [-0.2, 0) is 4.74 Å². The second-order valence-corrected chi connectivity index (χ2v) is 10.8. The summed E-state index contributed by atoms with van der Waals surface area (Å²) >= 11 is 9.38. The van der Waals surface area contributed by atoms with Gasteiger partial charge in [0.15, 0.2) is 5.82 Å². The fourth-order valence-electron chi connectivity index (χ4n) is 3.93. The highest BCUT2D eigenvalue weighted by atomic mass is 79.9. The fraction of sp³-hybridized carbons (Fsp3) is 0.591. The molecule has 0 spiro atoms. The molecule has 33 heavy (non-hydrogen) atoms. The maximum absolute atomic E-state index is 15.0. The van der Waals surface area contributed by atoms with Crippen LogP contribution in [0.25, 0.3) is 10.9 Å². The number of nitrogens with one attached hydrogen (secondary N) is 1. The molecule has 2 aromatic rings. The number of anilines is 1. The van der Waals surface area contributed by atoms with E-state index < -0.39 is 11.4 Å². The van der Waals surface area contributed by atoms with E-state index in [1.807, 2.05) is 20.8 Å². The Morgan fingerprint density at radius 2 is 2.09 bits per heavy atom. The van der Waals surface area contributed by atoms with Crippen LogP contribution >= 0.6 is 27.5 Å². The largest absolute Gasteiger partial charge is 0.462 e. The molecule has 2 saturated heterocycles. The molecule has 0 unspecified atom stereocenters. The zero-order chi connectivity index (χ0) is 23.9. The lowest BCUT2D eigenvalue weighted by atomic mass is 10.1. The topological polar surface area (TPSA) is 79.8 Å². The van der Waals surface area contributed by atoms with E-state index >= 15 is 0 Å². The Labute approximate surface area is 205 Å². The molecule has 1 aromatic carbocycles. The van der Waals surface area contributed by atoms with E-state index in [4.69, 9.17) is 21.1 Å². The summed E-state index contributed by atoms with van der Waals surface area (Å²) in [5.41, 5.74) is -0.443. The number of hydrogen-bond acceptors (Lipinski definition) is 7. The summed E-state index contributed by atoms with van der Waals surface area (Å²) in [6.07, 6.45) is 1.79. The van der Waals surface area contributed by atoms with Crippen molar-refractivity contribution in [1.82, 2.24) is 19.8 Å². The molecule has 1 N–H and O–H groups in total. The lowest BCUT2D eigenvalue weighted by Crippen LogP contribution is -2.58. The normalized spacial score (nSPS) is 19.6. The van der Waals surface area contributed by atoms with Crippen molar-refractivity contribution in [3.05, 3.63) is 21.4 Å². The molecule has 2 aliphatic rings. The van der Waals surface area contributed by atoms with Crippen molar-refractivity contribution in [1.29, 1.82) is 0 Å². The standard InChI is InChI=1S/C22H28BrClFN5O3/c1-22(2,3)33-21(31)30-9-12(10-30)26-19-14-8-15(24)16(23)17(25)18(14)27-20(28-19)32-11-13-6-5-7-29(13)4/h8,12-13H,5-7,9-11H2,1-4H3,(H,26,27,28)/t13-/m0/s1. The van der Waals surface area contributed by atoms with Crippen LogP contribution in [-0.4, -0.2) is 76.8 Å². The van der Waals surface area contributed by atoms with Gasteiger partial charge in [0.1, 0.15) is 23.5 Å². The number of carbonyl (C=O) groups excluding carboxylic acids is 1. The maximum Gasteiger partial charge on any atom is 0.410 e. The number of rotatable bonds is 5. The third kappa shape index (κ3) is 5.44. The van der Waals surface area contributed by atoms with Crippen LogP contribution in [0.3, 0.4) is 0 Å². The van der Waals surface area contributed by atoms with Crippen LogP contribution in [0.4, 0.5) is 15.0 Å². The third-order valence-corrected chi connectivity index (χ3v) is 7.06. The second-order valence-electron chi connectivity index (χ2n) is 9.55. The monoisotopic (exact) mass is 543 g/mol. The predicted octanol–water partition coefficient (Wildman–Crippen LogP) is 4.69. The molecule has 11 heteroatoms. The number of nitrogens with zero attached hydrogens (tertiary/aromatic N) is 4. The van der Waals surface area contributed by atoms with Gasteiger partial charge >= 0.3 is 12.1 Å². The number of hydrogen-bond donors (Lipinski definition) is 1. The van der Waals surface area contributed by atoms with Crippen molar-refractivity contribution >= 4 is 50.3 Å². The minimum Gasteiger partial charge on any atom is -0.462 e. The van der Waals surface area contributed by atoms with Crippen molar-refractivity contribution in [2.75, 3.05) is 38.6 Å². The van der Waals surface area contributed by atoms with Gasteiger partial charge in [-0.25, -0.2) is 9.18 Å². The molecular weight excluding hydrogens is 517 g/mol. The van der Waals surface area contributed by atoms with Crippen LogP contribution in [0.15, 0.2) is 10.5 Å². The Bertz CT molecular complexity index is 1060. The van der Waals surface area contributed by atoms with E-state index in [-0.39, 0.29) is 39.2 Å². The van der Waals surface area contributed by atoms with Gasteiger partial charge in [0.05, 0.1) is 15.5 Å². The summed E-state index contributed by atoms with van der Waals surface area (Å²) in [5, 5.41) is 3.95. The molecular formula is C22H28BrClFN5O3. The first-order valence-electron chi connectivity index (χ1n) is 10.9. The van der Waals surface area contributed by atoms with E-state index in [0.717, 1.165) is 19.4 Å². The number of likely N-dealkylation sites (tertiary alicyclic amines) is 2. The van der Waals surface area contributed by atoms with E-state index in [0.29, 0.717) is 30.9 Å². The highest BCUT2D eigenvalue weighted by Gasteiger charge is 2.34. The van der Waals surface area contributed by atoms with E-state index in [2.05, 4.69) is 43.2 Å². The SMILES string of the molecule is CN1CCC[C@H]1COc1nc(NC2CN(C(=O)OC(C)(C)C)C2)c2cc(Cl)c(Br)c(F)c2n1. The fourth-order valence-corrected chi connectivity index (χ4v) is 4.42. The number of carbonyl (C=O) groups is 1. The Morgan fingerprint density at radius 3 is 2.73 bits per heavy atom. The van der Waals surface area contributed by atoms with Crippen molar-refractivity contribution in [2.45, 2.75) is 51.3 Å². The number of benzene rings is 1. The van der Waals surface area contributed by atoms with Gasteiger partial charge in [0.25, 0.3) is 0 Å². The van der Waals surface area contributed by atoms with Crippen LogP contribution in [0.1, 0.15) is 33.6 Å². The molecule has 180 valence electrons. The van der Waals surface area contributed by atoms with Crippen LogP contribution in [0, 0.1) is 5.82 Å². The maximum atomic E-state index is 15.0. The zero-order valence-corrected chi connectivity index (χ0v) is 21.5. The predicted molar refractivity (Wildman–Crippen MR) is 129 cm³/mol. The molecule has 0 aliphatic carbocycles. The number of ether oxygens (including phenoxy) is 2. The third-order valence-electron chi connectivity index (χ3n) is 5.76. The summed E-state index contributed by atoms with van der Waals surface area (Å²) < 4.78 is 26.4. The molecule has 1 amide bonds. The van der Waals surface area contributed by atoms with Crippen LogP contribution < -0.4 is 10.1 Å². The number of aromatic nitrogens is 2. The summed E-state index contributed by atoms with van der Waals surface area (Å²) in [4.78, 5) is 24.9. The molecule has 3 heterocycles. The first-order valence-corrected chi connectivity index (χ1v) is 12.1. The van der Waals surface area contributed by atoms with Gasteiger partial charge in [-0.1, -0.05) is 11.6 Å². The number of fused-ring (bicyclic) bond motifs is 1. The summed E-state index contributed by atoms with van der Waals surface area (Å²) in [6.45, 7) is 7.81. The van der Waals surface area contributed by atoms with E-state index in [1.54, 1.807) is 11.0 Å². The minimum absolute atomic E-state index is 0.0742. The summed E-state index contributed by atoms with van der Waals surface area (Å²) in [5.74, 6) is -0.160. The molecule has 0 bridgehead atoms. The molecule has 0 radical (unpaired) electrons. The molecule has 1 atom stereocenters. The van der Waals surface area contributed by atoms with Crippen molar-refractivity contribution in [3.8, 4) is 6.01 Å². The van der Waals surface area contributed by atoms with Crippen LogP contribution in [0.2, 0.25) is 5.02 Å². The van der Waals surface area contributed by atoms with Gasteiger partial charge in [0, 0.05) is 24.5 Å². The Kier molecular flexibility index (Phi) is 6.89. The van der Waals surface area contributed by atoms with Gasteiger partial charge in [-0.05, 0) is 69.2 Å². The van der Waals surface area contributed by atoms with E-state index in [9.17, 15) is 9.18 Å². The summed E-state index contributed by atoms with van der Waals surface area (Å²) in [7, 11) is 2.06. The smallest absolute Gasteiger partial charge is 0.410 e. The molecule has 2 fully saturated rings. The van der Waals surface area contributed by atoms with Gasteiger partial charge in [-0.2, -0.15) is 9.97 Å². The zero-order valence-electron chi connectivity index (χ0n) is 19.1. The van der Waals surface area contributed by atoms with E-state index in [1.165, 1.54) is 0 Å². The summed E-state index contributed by atoms with van der Waals surface area (Å²) in [6, 6.07) is 1.92. The highest BCUT2D eigenvalue weighted by molar-refractivity contribution is 9.10. The highest BCUT2D eigenvalue weighted by Crippen LogP contribution is 2.35. The number of amides is 1. The molecule has 1 aromatic heterocycles. The van der Waals surface area contributed by atoms with Gasteiger partial charge in [-0.3, -0.25) is 0 Å². The van der Waals surface area contributed by atoms with Crippen molar-refractivity contribution < 1.29 is 18.7 Å². The quantitative estimate of drug-likeness (QED) is 0.547. The Balaban J connectivity index is 1.54. The van der Waals surface area contributed by atoms with Gasteiger partial charge in [-0.15, -0.1) is 0 Å². The lowest BCUT2D eigenvalue weighted by molar-refractivity contribution is 0.0104. The Hall–Kier alpha value is -1.91. The first kappa shape index (κ1) is 24.2. The van der Waals surface area contributed by atoms with Crippen molar-refractivity contribution in [3.63, 3.8) is 0 Å². The average Bonchev–Trinajstić information content (AvgIpc) is 3.11. The molecule has 2 aliphatic heterocycles. The van der Waals surface area contributed by atoms with Gasteiger partial charge in [0.2, 0.25) is 0 Å². The molecule has 4 rings (SSSR count). The lowest BCUT2D eigenvalue weighted by Gasteiger charge is -2.40. The average molecular weight is 545 g/mol. The second kappa shape index (κ2) is 9.38.